The van der Waals surface area contributed by atoms with Crippen LogP contribution in [0.15, 0.2) is 12.7 Å². The second-order valence-corrected chi connectivity index (χ2v) is 4.03. The van der Waals surface area contributed by atoms with Crippen LogP contribution in [-0.4, -0.2) is 23.9 Å². The topological polar surface area (TPSA) is 58.2 Å². The van der Waals surface area contributed by atoms with Gasteiger partial charge in [0.15, 0.2) is 0 Å². The van der Waals surface area contributed by atoms with E-state index in [0.29, 0.717) is 18.9 Å². The van der Waals surface area contributed by atoms with Crippen molar-refractivity contribution in [2.75, 3.05) is 0 Å². The zero-order valence-electron chi connectivity index (χ0n) is 7.95. The molecule has 2 aliphatic rings. The summed E-state index contributed by atoms with van der Waals surface area (Å²) < 4.78 is 0. The second-order valence-electron chi connectivity index (χ2n) is 4.03. The van der Waals surface area contributed by atoms with Crippen molar-refractivity contribution in [2.24, 2.45) is 5.92 Å². The van der Waals surface area contributed by atoms with E-state index in [-0.39, 0.29) is 11.8 Å². The first-order chi connectivity index (χ1) is 6.73. The molecule has 0 spiro atoms. The summed E-state index contributed by atoms with van der Waals surface area (Å²) in [5, 5.41) is 5.50. The van der Waals surface area contributed by atoms with Gasteiger partial charge in [0, 0.05) is 12.0 Å². The van der Waals surface area contributed by atoms with Crippen LogP contribution in [0.25, 0.3) is 0 Å². The third-order valence-corrected chi connectivity index (χ3v) is 2.93. The summed E-state index contributed by atoms with van der Waals surface area (Å²) in [4.78, 5) is 22.2. The van der Waals surface area contributed by atoms with E-state index in [0.717, 1.165) is 12.8 Å². The van der Waals surface area contributed by atoms with Crippen molar-refractivity contribution in [3.8, 4) is 0 Å². The van der Waals surface area contributed by atoms with Gasteiger partial charge in [-0.2, -0.15) is 0 Å². The van der Waals surface area contributed by atoms with Gasteiger partial charge in [-0.15, -0.1) is 6.58 Å². The van der Waals surface area contributed by atoms with Gasteiger partial charge in [0.1, 0.15) is 5.54 Å². The molecule has 0 bridgehead atoms. The van der Waals surface area contributed by atoms with Crippen LogP contribution in [0.3, 0.4) is 0 Å². The van der Waals surface area contributed by atoms with E-state index in [9.17, 15) is 9.59 Å². The molecular weight excluding hydrogens is 180 g/mol. The Kier molecular flexibility index (Phi) is 2.06. The van der Waals surface area contributed by atoms with Crippen molar-refractivity contribution in [1.82, 2.24) is 10.6 Å². The Morgan fingerprint density at radius 3 is 2.64 bits per heavy atom. The first kappa shape index (κ1) is 9.24. The fourth-order valence-corrected chi connectivity index (χ4v) is 1.71. The standard InChI is InChI=1S/C10H14N2O2/c1-2-7-5-10(7,11-6-13)9(14)12-8-3-4-8/h2,6-8H,1,3-5H2,(H,11,13)(H,12,14)/t7?,10-/m1/s1. The Morgan fingerprint density at radius 2 is 2.21 bits per heavy atom. The summed E-state index contributed by atoms with van der Waals surface area (Å²) in [5.74, 6) is 0.0310. The Balaban J connectivity index is 1.99. The lowest BCUT2D eigenvalue weighted by Gasteiger charge is -2.15. The van der Waals surface area contributed by atoms with Gasteiger partial charge in [0.05, 0.1) is 0 Å². The van der Waals surface area contributed by atoms with E-state index in [1.165, 1.54) is 0 Å². The Morgan fingerprint density at radius 1 is 1.50 bits per heavy atom. The minimum absolute atomic E-state index is 0.0583. The molecule has 0 aromatic rings. The maximum Gasteiger partial charge on any atom is 0.246 e. The van der Waals surface area contributed by atoms with Crippen molar-refractivity contribution >= 4 is 12.3 Å². The van der Waals surface area contributed by atoms with Crippen molar-refractivity contribution in [1.29, 1.82) is 0 Å². The highest BCUT2D eigenvalue weighted by atomic mass is 16.2. The van der Waals surface area contributed by atoms with Crippen LogP contribution in [0.5, 0.6) is 0 Å². The lowest BCUT2D eigenvalue weighted by Crippen LogP contribution is -2.48. The fourth-order valence-electron chi connectivity index (χ4n) is 1.71. The predicted octanol–water partition coefficient (Wildman–Crippen LogP) is -0.0443. The number of hydrogen-bond acceptors (Lipinski definition) is 2. The zero-order chi connectivity index (χ0) is 10.2. The minimum atomic E-state index is -0.688. The highest BCUT2D eigenvalue weighted by Gasteiger charge is 2.59. The third kappa shape index (κ3) is 1.41. The van der Waals surface area contributed by atoms with Gasteiger partial charge in [0.2, 0.25) is 12.3 Å². The maximum absolute atomic E-state index is 11.8. The lowest BCUT2D eigenvalue weighted by atomic mass is 10.2. The molecule has 2 saturated carbocycles. The highest BCUT2D eigenvalue weighted by molar-refractivity contribution is 5.92. The molecule has 2 fully saturated rings. The summed E-state index contributed by atoms with van der Waals surface area (Å²) in [6.07, 6.45) is 5.11. The van der Waals surface area contributed by atoms with E-state index < -0.39 is 5.54 Å². The van der Waals surface area contributed by atoms with Crippen molar-refractivity contribution in [2.45, 2.75) is 30.8 Å². The molecule has 0 aliphatic heterocycles. The van der Waals surface area contributed by atoms with E-state index in [1.807, 2.05) is 0 Å². The fraction of sp³-hybridized carbons (Fsp3) is 0.600. The SMILES string of the molecule is C=CC1C[C@]1(NC=O)C(=O)NC1CC1. The summed E-state index contributed by atoms with van der Waals surface area (Å²) in [5.41, 5.74) is -0.688. The van der Waals surface area contributed by atoms with Gasteiger partial charge in [-0.05, 0) is 19.3 Å². The molecule has 1 unspecified atom stereocenters. The van der Waals surface area contributed by atoms with Crippen molar-refractivity contribution in [3.05, 3.63) is 12.7 Å². The Labute approximate surface area is 82.7 Å². The van der Waals surface area contributed by atoms with Gasteiger partial charge < -0.3 is 10.6 Å². The summed E-state index contributed by atoms with van der Waals surface area (Å²) in [6.45, 7) is 3.64. The molecule has 2 rings (SSSR count). The van der Waals surface area contributed by atoms with Gasteiger partial charge >= 0.3 is 0 Å². The second kappa shape index (κ2) is 3.12. The average Bonchev–Trinajstić information content (AvgIpc) is 3.01. The zero-order valence-corrected chi connectivity index (χ0v) is 7.95. The predicted molar refractivity (Wildman–Crippen MR) is 51.4 cm³/mol. The van der Waals surface area contributed by atoms with Crippen LogP contribution in [0.4, 0.5) is 0 Å². The average molecular weight is 194 g/mol. The smallest absolute Gasteiger partial charge is 0.246 e. The summed E-state index contributed by atoms with van der Waals surface area (Å²) >= 11 is 0. The van der Waals surface area contributed by atoms with Crippen LogP contribution in [0.2, 0.25) is 0 Å². The molecular formula is C10H14N2O2. The molecule has 14 heavy (non-hydrogen) atoms. The van der Waals surface area contributed by atoms with Gasteiger partial charge in [-0.25, -0.2) is 0 Å². The van der Waals surface area contributed by atoms with E-state index in [4.69, 9.17) is 0 Å². The molecule has 4 heteroatoms. The number of carbonyl (C=O) groups excluding carboxylic acids is 2. The van der Waals surface area contributed by atoms with Gasteiger partial charge in [-0.1, -0.05) is 6.08 Å². The first-order valence-corrected chi connectivity index (χ1v) is 4.88. The largest absolute Gasteiger partial charge is 0.351 e. The lowest BCUT2D eigenvalue weighted by molar-refractivity contribution is -0.126. The molecule has 2 amide bonds. The summed E-state index contributed by atoms with van der Waals surface area (Å²) in [6, 6.07) is 0.332. The van der Waals surface area contributed by atoms with Crippen molar-refractivity contribution in [3.63, 3.8) is 0 Å². The molecule has 0 aromatic heterocycles. The quantitative estimate of drug-likeness (QED) is 0.476. The number of hydrogen-bond donors (Lipinski definition) is 2. The van der Waals surface area contributed by atoms with Crippen LogP contribution in [0.1, 0.15) is 19.3 Å². The molecule has 76 valence electrons. The number of amides is 2. The molecule has 0 aromatic carbocycles. The van der Waals surface area contributed by atoms with E-state index in [2.05, 4.69) is 17.2 Å². The van der Waals surface area contributed by atoms with Gasteiger partial charge in [-0.3, -0.25) is 9.59 Å². The van der Waals surface area contributed by atoms with Crippen LogP contribution >= 0.6 is 0 Å². The summed E-state index contributed by atoms with van der Waals surface area (Å²) in [7, 11) is 0. The molecule has 2 aliphatic carbocycles. The molecule has 4 nitrogen and oxygen atoms in total. The molecule has 2 N–H and O–H groups in total. The Hall–Kier alpha value is -1.32. The molecule has 0 heterocycles. The van der Waals surface area contributed by atoms with E-state index >= 15 is 0 Å². The highest BCUT2D eigenvalue weighted by Crippen LogP contribution is 2.44. The monoisotopic (exact) mass is 194 g/mol. The first-order valence-electron chi connectivity index (χ1n) is 4.88. The minimum Gasteiger partial charge on any atom is -0.351 e. The van der Waals surface area contributed by atoms with E-state index in [1.54, 1.807) is 6.08 Å². The van der Waals surface area contributed by atoms with Gasteiger partial charge in [0.25, 0.3) is 0 Å². The third-order valence-electron chi connectivity index (χ3n) is 2.93. The molecule has 0 saturated heterocycles. The molecule has 0 radical (unpaired) electrons. The van der Waals surface area contributed by atoms with Crippen LogP contribution in [-0.2, 0) is 9.59 Å². The molecule has 2 atom stereocenters. The van der Waals surface area contributed by atoms with Crippen molar-refractivity contribution < 1.29 is 9.59 Å². The van der Waals surface area contributed by atoms with Crippen LogP contribution in [0, 0.1) is 5.92 Å². The number of carbonyl (C=O) groups is 2. The van der Waals surface area contributed by atoms with Crippen LogP contribution < -0.4 is 10.6 Å². The number of rotatable bonds is 5. The normalized spacial score (nSPS) is 34.4. The Bertz CT molecular complexity index is 286. The number of nitrogens with one attached hydrogen (secondary N) is 2. The maximum atomic E-state index is 11.8.